The molecular weight excluding hydrogens is 287 g/mol. The number of anilines is 1. The molecule has 0 bridgehead atoms. The van der Waals surface area contributed by atoms with E-state index in [0.29, 0.717) is 0 Å². The van der Waals surface area contributed by atoms with E-state index in [4.69, 9.17) is 5.73 Å². The van der Waals surface area contributed by atoms with Gasteiger partial charge >= 0.3 is 0 Å². The first-order valence-electron chi connectivity index (χ1n) is 5.46. The molecule has 0 unspecified atom stereocenters. The maximum atomic E-state index is 13.3. The van der Waals surface area contributed by atoms with E-state index in [1.807, 2.05) is 17.7 Å². The molecule has 0 fully saturated rings. The van der Waals surface area contributed by atoms with Crippen LogP contribution >= 0.6 is 11.3 Å². The molecule has 2 aromatic rings. The molecule has 1 heterocycles. The van der Waals surface area contributed by atoms with Crippen molar-refractivity contribution in [2.45, 2.75) is 18.4 Å². The first-order valence-corrected chi connectivity index (χ1v) is 7.89. The molecule has 0 saturated carbocycles. The first-order chi connectivity index (χ1) is 8.90. The van der Waals surface area contributed by atoms with E-state index in [1.165, 1.54) is 23.5 Å². The fraction of sp³-hybridized carbons (Fsp3) is 0.167. The Labute approximate surface area is 115 Å². The Morgan fingerprint density at radius 3 is 2.68 bits per heavy atom. The quantitative estimate of drug-likeness (QED) is 0.851. The highest BCUT2D eigenvalue weighted by Crippen LogP contribution is 2.18. The summed E-state index contributed by atoms with van der Waals surface area (Å²) in [4.78, 5) is -0.132. The van der Waals surface area contributed by atoms with E-state index in [1.54, 1.807) is 0 Å². The summed E-state index contributed by atoms with van der Waals surface area (Å²) in [5, 5.41) is 3.81. The molecule has 0 amide bonds. The highest BCUT2D eigenvalue weighted by Gasteiger charge is 2.16. The second-order valence-corrected chi connectivity index (χ2v) is 6.60. The lowest BCUT2D eigenvalue weighted by atomic mass is 10.2. The lowest BCUT2D eigenvalue weighted by Gasteiger charge is -2.07. The minimum absolute atomic E-state index is 0.0763. The number of hydrogen-bond donors (Lipinski definition) is 2. The third-order valence-electron chi connectivity index (χ3n) is 2.70. The second-order valence-electron chi connectivity index (χ2n) is 4.09. The van der Waals surface area contributed by atoms with Crippen LogP contribution in [-0.2, 0) is 16.6 Å². The maximum Gasteiger partial charge on any atom is 0.240 e. The predicted octanol–water partition coefficient (Wildman–Crippen LogP) is 2.26. The molecule has 0 aliphatic rings. The summed E-state index contributed by atoms with van der Waals surface area (Å²) in [7, 11) is -3.73. The average Bonchev–Trinajstić information content (AvgIpc) is 2.76. The van der Waals surface area contributed by atoms with Gasteiger partial charge in [-0.1, -0.05) is 0 Å². The molecule has 0 saturated heterocycles. The molecular formula is C12H13FN2O2S2. The normalized spacial score (nSPS) is 11.7. The summed E-state index contributed by atoms with van der Waals surface area (Å²) in [5.74, 6) is -0.741. The monoisotopic (exact) mass is 300 g/mol. The number of nitrogen functional groups attached to an aromatic ring is 1. The third-order valence-corrected chi connectivity index (χ3v) is 5.01. The zero-order valence-electron chi connectivity index (χ0n) is 10.2. The number of thiophene rings is 1. The van der Waals surface area contributed by atoms with Gasteiger partial charge in [-0.2, -0.15) is 11.3 Å². The van der Waals surface area contributed by atoms with Crippen molar-refractivity contribution >= 4 is 27.0 Å². The van der Waals surface area contributed by atoms with E-state index in [2.05, 4.69) is 4.72 Å². The van der Waals surface area contributed by atoms with Crippen LogP contribution in [0.1, 0.15) is 11.1 Å². The van der Waals surface area contributed by atoms with Crippen molar-refractivity contribution in [2.24, 2.45) is 0 Å². The molecule has 0 spiro atoms. The molecule has 0 aliphatic heterocycles. The molecule has 1 aromatic carbocycles. The summed E-state index contributed by atoms with van der Waals surface area (Å²) in [6.45, 7) is 2.09. The molecule has 2 rings (SSSR count). The summed E-state index contributed by atoms with van der Waals surface area (Å²) in [6, 6.07) is 3.43. The summed E-state index contributed by atoms with van der Waals surface area (Å²) in [6.07, 6.45) is 0. The Morgan fingerprint density at radius 2 is 2.11 bits per heavy atom. The predicted molar refractivity (Wildman–Crippen MR) is 73.9 cm³/mol. The summed E-state index contributed by atoms with van der Waals surface area (Å²) < 4.78 is 39.7. The number of sulfonamides is 1. The van der Waals surface area contributed by atoms with Gasteiger partial charge in [-0.25, -0.2) is 17.5 Å². The lowest BCUT2D eigenvalue weighted by molar-refractivity contribution is 0.578. The van der Waals surface area contributed by atoms with Crippen molar-refractivity contribution in [3.05, 3.63) is 45.9 Å². The van der Waals surface area contributed by atoms with Crippen LogP contribution in [0.15, 0.2) is 33.9 Å². The molecule has 3 N–H and O–H groups in total. The Kier molecular flexibility index (Phi) is 3.88. The minimum Gasteiger partial charge on any atom is -0.396 e. The lowest BCUT2D eigenvalue weighted by Crippen LogP contribution is -2.23. The Balaban J connectivity index is 2.18. The van der Waals surface area contributed by atoms with Gasteiger partial charge in [-0.3, -0.25) is 0 Å². The SMILES string of the molecule is Cc1cscc1CNS(=O)(=O)c1ccc(N)c(F)c1. The number of nitrogens with one attached hydrogen (secondary N) is 1. The fourth-order valence-electron chi connectivity index (χ4n) is 1.50. The highest BCUT2D eigenvalue weighted by atomic mass is 32.2. The van der Waals surface area contributed by atoms with E-state index in [9.17, 15) is 12.8 Å². The van der Waals surface area contributed by atoms with Crippen LogP contribution in [0.2, 0.25) is 0 Å². The maximum absolute atomic E-state index is 13.3. The molecule has 102 valence electrons. The zero-order chi connectivity index (χ0) is 14.0. The molecule has 7 heteroatoms. The number of aryl methyl sites for hydroxylation is 1. The number of hydrogen-bond acceptors (Lipinski definition) is 4. The van der Waals surface area contributed by atoms with Crippen molar-refractivity contribution < 1.29 is 12.8 Å². The highest BCUT2D eigenvalue weighted by molar-refractivity contribution is 7.89. The number of rotatable bonds is 4. The smallest absolute Gasteiger partial charge is 0.240 e. The van der Waals surface area contributed by atoms with Gasteiger partial charge in [0, 0.05) is 6.54 Å². The van der Waals surface area contributed by atoms with Gasteiger partial charge in [0.1, 0.15) is 5.82 Å². The van der Waals surface area contributed by atoms with Gasteiger partial charge in [-0.05, 0) is 47.0 Å². The van der Waals surface area contributed by atoms with Crippen LogP contribution in [0.3, 0.4) is 0 Å². The van der Waals surface area contributed by atoms with E-state index >= 15 is 0 Å². The Morgan fingerprint density at radius 1 is 1.37 bits per heavy atom. The van der Waals surface area contributed by atoms with E-state index in [-0.39, 0.29) is 17.1 Å². The van der Waals surface area contributed by atoms with Crippen molar-refractivity contribution in [3.8, 4) is 0 Å². The van der Waals surface area contributed by atoms with Crippen LogP contribution < -0.4 is 10.5 Å². The molecule has 4 nitrogen and oxygen atoms in total. The molecule has 1 aromatic heterocycles. The number of halogens is 1. The first kappa shape index (κ1) is 14.0. The van der Waals surface area contributed by atoms with Gasteiger partial charge in [0.25, 0.3) is 0 Å². The van der Waals surface area contributed by atoms with E-state index in [0.717, 1.165) is 17.2 Å². The van der Waals surface area contributed by atoms with Gasteiger partial charge in [0.2, 0.25) is 10.0 Å². The van der Waals surface area contributed by atoms with Gasteiger partial charge in [-0.15, -0.1) is 0 Å². The van der Waals surface area contributed by atoms with E-state index < -0.39 is 15.8 Å². The number of benzene rings is 1. The summed E-state index contributed by atoms with van der Waals surface area (Å²) >= 11 is 1.51. The van der Waals surface area contributed by atoms with Crippen LogP contribution in [0.5, 0.6) is 0 Å². The Hall–Kier alpha value is -1.44. The molecule has 0 radical (unpaired) electrons. The zero-order valence-corrected chi connectivity index (χ0v) is 11.8. The van der Waals surface area contributed by atoms with Gasteiger partial charge in [0.15, 0.2) is 0 Å². The standard InChI is InChI=1S/C12H13FN2O2S2/c1-8-6-18-7-9(8)5-15-19(16,17)10-2-3-12(14)11(13)4-10/h2-4,6-7,15H,5,14H2,1H3. The summed E-state index contributed by atoms with van der Waals surface area (Å²) in [5.41, 5.74) is 7.17. The van der Waals surface area contributed by atoms with Crippen molar-refractivity contribution in [2.75, 3.05) is 5.73 Å². The van der Waals surface area contributed by atoms with Crippen molar-refractivity contribution in [1.82, 2.24) is 4.72 Å². The Bertz CT molecular complexity index is 696. The van der Waals surface area contributed by atoms with Crippen LogP contribution in [0, 0.1) is 12.7 Å². The second kappa shape index (κ2) is 5.28. The van der Waals surface area contributed by atoms with Crippen LogP contribution in [-0.4, -0.2) is 8.42 Å². The average molecular weight is 300 g/mol. The topological polar surface area (TPSA) is 72.2 Å². The largest absolute Gasteiger partial charge is 0.396 e. The van der Waals surface area contributed by atoms with Crippen molar-refractivity contribution in [3.63, 3.8) is 0 Å². The fourth-order valence-corrected chi connectivity index (χ4v) is 3.37. The molecule has 0 aliphatic carbocycles. The van der Waals surface area contributed by atoms with Gasteiger partial charge < -0.3 is 5.73 Å². The number of nitrogens with two attached hydrogens (primary N) is 1. The minimum atomic E-state index is -3.73. The van der Waals surface area contributed by atoms with Crippen LogP contribution in [0.4, 0.5) is 10.1 Å². The van der Waals surface area contributed by atoms with Gasteiger partial charge in [0.05, 0.1) is 10.6 Å². The van der Waals surface area contributed by atoms with Crippen LogP contribution in [0.25, 0.3) is 0 Å². The third kappa shape index (κ3) is 3.12. The molecule has 19 heavy (non-hydrogen) atoms. The van der Waals surface area contributed by atoms with Crippen molar-refractivity contribution in [1.29, 1.82) is 0 Å². The molecule has 0 atom stereocenters.